The second kappa shape index (κ2) is 5.10. The van der Waals surface area contributed by atoms with Crippen molar-refractivity contribution in [2.75, 3.05) is 13.1 Å². The fourth-order valence-corrected chi connectivity index (χ4v) is 2.07. The Morgan fingerprint density at radius 3 is 2.06 bits per heavy atom. The predicted octanol–water partition coefficient (Wildman–Crippen LogP) is 0.695. The average Bonchev–Trinajstić information content (AvgIpc) is 2.60. The second-order valence-corrected chi connectivity index (χ2v) is 4.22. The third-order valence-electron chi connectivity index (χ3n) is 3.01. The van der Waals surface area contributed by atoms with Crippen molar-refractivity contribution < 1.29 is 15.3 Å². The van der Waals surface area contributed by atoms with Gasteiger partial charge in [-0.15, -0.1) is 0 Å². The van der Waals surface area contributed by atoms with E-state index in [-0.39, 0.29) is 11.8 Å². The van der Waals surface area contributed by atoms with Crippen molar-refractivity contribution in [3.63, 3.8) is 0 Å². The lowest BCUT2D eigenvalue weighted by Gasteiger charge is -2.12. The van der Waals surface area contributed by atoms with Gasteiger partial charge in [-0.2, -0.15) is 0 Å². The summed E-state index contributed by atoms with van der Waals surface area (Å²) in [5.41, 5.74) is 4.84. The van der Waals surface area contributed by atoms with E-state index in [1.807, 2.05) is 0 Å². The molecule has 0 saturated heterocycles. The first-order valence-corrected chi connectivity index (χ1v) is 6.00. The Balaban J connectivity index is 2.03. The van der Waals surface area contributed by atoms with Crippen LogP contribution in [-0.2, 0) is 0 Å². The van der Waals surface area contributed by atoms with Gasteiger partial charge in [0.25, 0.3) is 11.8 Å². The van der Waals surface area contributed by atoms with Gasteiger partial charge in [-0.25, -0.2) is 0 Å². The SMILES string of the molecule is [NH3+]CCCCCN1C(=O)c2ccccc2C1=O. The maximum Gasteiger partial charge on any atom is 0.261 e. The first kappa shape index (κ1) is 11.8. The topological polar surface area (TPSA) is 65.0 Å². The molecule has 4 heteroatoms. The highest BCUT2D eigenvalue weighted by Gasteiger charge is 2.34. The molecule has 0 aliphatic carbocycles. The van der Waals surface area contributed by atoms with Crippen LogP contribution < -0.4 is 5.73 Å². The normalized spacial score (nSPS) is 14.3. The van der Waals surface area contributed by atoms with Crippen molar-refractivity contribution in [3.8, 4) is 0 Å². The molecule has 0 saturated carbocycles. The summed E-state index contributed by atoms with van der Waals surface area (Å²) in [6.45, 7) is 1.43. The number of benzene rings is 1. The lowest BCUT2D eigenvalue weighted by atomic mass is 10.1. The van der Waals surface area contributed by atoms with E-state index in [4.69, 9.17) is 0 Å². The number of imide groups is 1. The second-order valence-electron chi connectivity index (χ2n) is 4.22. The van der Waals surface area contributed by atoms with Gasteiger partial charge in [0.1, 0.15) is 0 Å². The predicted molar refractivity (Wildman–Crippen MR) is 63.4 cm³/mol. The van der Waals surface area contributed by atoms with Crippen molar-refractivity contribution in [2.45, 2.75) is 19.3 Å². The number of carbonyl (C=O) groups is 2. The van der Waals surface area contributed by atoms with Crippen LogP contribution in [0.25, 0.3) is 0 Å². The molecule has 4 nitrogen and oxygen atoms in total. The van der Waals surface area contributed by atoms with Gasteiger partial charge in [-0.05, 0) is 31.4 Å². The quantitative estimate of drug-likeness (QED) is 0.601. The third kappa shape index (κ3) is 2.22. The molecule has 0 bridgehead atoms. The number of unbranched alkanes of at least 4 members (excludes halogenated alkanes) is 2. The van der Waals surface area contributed by atoms with Gasteiger partial charge in [0.05, 0.1) is 17.7 Å². The van der Waals surface area contributed by atoms with Crippen molar-refractivity contribution in [3.05, 3.63) is 35.4 Å². The fraction of sp³-hybridized carbons (Fsp3) is 0.385. The number of fused-ring (bicyclic) bond motifs is 1. The zero-order chi connectivity index (χ0) is 12.3. The van der Waals surface area contributed by atoms with Gasteiger partial charge in [0, 0.05) is 6.54 Å². The average molecular weight is 233 g/mol. The highest BCUT2D eigenvalue weighted by Crippen LogP contribution is 2.22. The Kier molecular flexibility index (Phi) is 3.54. The van der Waals surface area contributed by atoms with Crippen LogP contribution in [0.1, 0.15) is 40.0 Å². The summed E-state index contributed by atoms with van der Waals surface area (Å²) in [5.74, 6) is -0.305. The Morgan fingerprint density at radius 1 is 0.941 bits per heavy atom. The molecule has 0 spiro atoms. The molecule has 90 valence electrons. The molecule has 1 aliphatic heterocycles. The van der Waals surface area contributed by atoms with Gasteiger partial charge in [-0.3, -0.25) is 14.5 Å². The van der Waals surface area contributed by atoms with Crippen molar-refractivity contribution in [2.24, 2.45) is 0 Å². The first-order valence-electron chi connectivity index (χ1n) is 6.00. The molecule has 1 aromatic carbocycles. The number of rotatable bonds is 5. The molecule has 2 amide bonds. The number of amides is 2. The number of quaternary nitrogens is 1. The van der Waals surface area contributed by atoms with Crippen molar-refractivity contribution in [1.29, 1.82) is 0 Å². The Morgan fingerprint density at radius 2 is 1.53 bits per heavy atom. The first-order chi connectivity index (χ1) is 8.25. The summed E-state index contributed by atoms with van der Waals surface area (Å²) in [6, 6.07) is 7.00. The van der Waals surface area contributed by atoms with E-state index in [2.05, 4.69) is 5.73 Å². The summed E-state index contributed by atoms with van der Waals surface area (Å²) < 4.78 is 0. The Hall–Kier alpha value is -1.68. The summed E-state index contributed by atoms with van der Waals surface area (Å²) >= 11 is 0. The zero-order valence-electron chi connectivity index (χ0n) is 9.82. The van der Waals surface area contributed by atoms with Gasteiger partial charge >= 0.3 is 0 Å². The van der Waals surface area contributed by atoms with Gasteiger partial charge in [0.2, 0.25) is 0 Å². The molecule has 1 aromatic rings. The van der Waals surface area contributed by atoms with Crippen LogP contribution >= 0.6 is 0 Å². The molecule has 17 heavy (non-hydrogen) atoms. The highest BCUT2D eigenvalue weighted by atomic mass is 16.2. The monoisotopic (exact) mass is 233 g/mol. The zero-order valence-corrected chi connectivity index (χ0v) is 9.82. The standard InChI is InChI=1S/C13H16N2O2/c14-8-4-1-5-9-15-12(16)10-6-2-3-7-11(10)13(15)17/h2-3,6-7H,1,4-5,8-9,14H2/p+1. The summed E-state index contributed by atoms with van der Waals surface area (Å²) in [5, 5.41) is 0. The van der Waals surface area contributed by atoms with Crippen LogP contribution in [0, 0.1) is 0 Å². The fourth-order valence-electron chi connectivity index (χ4n) is 2.07. The van der Waals surface area contributed by atoms with Gasteiger partial charge < -0.3 is 5.73 Å². The van der Waals surface area contributed by atoms with Crippen LogP contribution in [0.2, 0.25) is 0 Å². The van der Waals surface area contributed by atoms with E-state index >= 15 is 0 Å². The smallest absolute Gasteiger partial charge is 0.261 e. The molecule has 0 radical (unpaired) electrons. The summed E-state index contributed by atoms with van der Waals surface area (Å²) in [4.78, 5) is 25.3. The molecule has 0 fully saturated rings. The lowest BCUT2D eigenvalue weighted by Crippen LogP contribution is -2.50. The van der Waals surface area contributed by atoms with Crippen LogP contribution in [0.3, 0.4) is 0 Å². The van der Waals surface area contributed by atoms with E-state index in [1.165, 1.54) is 4.90 Å². The molecule has 1 heterocycles. The van der Waals surface area contributed by atoms with Crippen LogP contribution in [-0.4, -0.2) is 29.8 Å². The van der Waals surface area contributed by atoms with Crippen LogP contribution in [0.15, 0.2) is 24.3 Å². The van der Waals surface area contributed by atoms with E-state index in [9.17, 15) is 9.59 Å². The highest BCUT2D eigenvalue weighted by molar-refractivity contribution is 6.21. The minimum absolute atomic E-state index is 0.153. The van der Waals surface area contributed by atoms with E-state index in [1.54, 1.807) is 24.3 Å². The largest absolute Gasteiger partial charge is 0.358 e. The minimum Gasteiger partial charge on any atom is -0.358 e. The number of hydrogen-bond acceptors (Lipinski definition) is 2. The third-order valence-corrected chi connectivity index (χ3v) is 3.01. The molecule has 3 N–H and O–H groups in total. The van der Waals surface area contributed by atoms with E-state index in [0.29, 0.717) is 17.7 Å². The molecule has 0 unspecified atom stereocenters. The molecule has 0 aromatic heterocycles. The number of hydrogen-bond donors (Lipinski definition) is 1. The minimum atomic E-state index is -0.153. The van der Waals surface area contributed by atoms with Crippen molar-refractivity contribution >= 4 is 11.8 Å². The summed E-state index contributed by atoms with van der Waals surface area (Å²) in [7, 11) is 0. The Labute approximate surface area is 100 Å². The number of carbonyl (C=O) groups excluding carboxylic acids is 2. The van der Waals surface area contributed by atoms with E-state index < -0.39 is 0 Å². The molecular formula is C13H17N2O2+. The van der Waals surface area contributed by atoms with Crippen molar-refractivity contribution in [1.82, 2.24) is 4.90 Å². The van der Waals surface area contributed by atoms with Crippen LogP contribution in [0.4, 0.5) is 0 Å². The number of nitrogens with zero attached hydrogens (tertiary/aromatic N) is 1. The Bertz CT molecular complexity index is 408. The molecule has 0 atom stereocenters. The maximum absolute atomic E-state index is 12.0. The van der Waals surface area contributed by atoms with Gasteiger partial charge in [0.15, 0.2) is 0 Å². The molecule has 2 rings (SSSR count). The van der Waals surface area contributed by atoms with Gasteiger partial charge in [-0.1, -0.05) is 12.1 Å². The maximum atomic E-state index is 12.0. The lowest BCUT2D eigenvalue weighted by molar-refractivity contribution is -0.368. The van der Waals surface area contributed by atoms with Crippen LogP contribution in [0.5, 0.6) is 0 Å². The van der Waals surface area contributed by atoms with E-state index in [0.717, 1.165) is 25.8 Å². The summed E-state index contributed by atoms with van der Waals surface area (Å²) in [6.07, 6.45) is 2.92. The molecule has 1 aliphatic rings. The molecular weight excluding hydrogens is 216 g/mol.